The van der Waals surface area contributed by atoms with Crippen molar-refractivity contribution >= 4 is 27.3 Å². The Balaban J connectivity index is 1.29. The highest BCUT2D eigenvalue weighted by atomic mass is 35.5. The summed E-state index contributed by atoms with van der Waals surface area (Å²) in [5, 5.41) is 0.676. The van der Waals surface area contributed by atoms with Gasteiger partial charge in [0.25, 0.3) is 0 Å². The molecule has 1 aliphatic rings. The van der Waals surface area contributed by atoms with Gasteiger partial charge in [-0.05, 0) is 59.7 Å². The molecule has 2 aromatic heterocycles. The van der Waals surface area contributed by atoms with E-state index in [1.807, 2.05) is 48.5 Å². The third-order valence-corrected chi connectivity index (χ3v) is 9.51. The van der Waals surface area contributed by atoms with Crippen LogP contribution in [-0.4, -0.2) is 60.3 Å². The highest BCUT2D eigenvalue weighted by Gasteiger charge is 2.29. The molecule has 3 aromatic carbocycles. The van der Waals surface area contributed by atoms with Crippen LogP contribution < -0.4 is 4.74 Å². The summed E-state index contributed by atoms with van der Waals surface area (Å²) in [7, 11) is -2.01. The first-order valence-corrected chi connectivity index (χ1v) is 14.9. The highest BCUT2D eigenvalue weighted by molar-refractivity contribution is 7.89. The number of hydrogen-bond acceptors (Lipinski definition) is 5. The second-order valence-corrected chi connectivity index (χ2v) is 12.2. The van der Waals surface area contributed by atoms with Gasteiger partial charge in [0.05, 0.1) is 23.4 Å². The summed E-state index contributed by atoms with van der Waals surface area (Å²) in [4.78, 5) is 7.57. The van der Waals surface area contributed by atoms with Gasteiger partial charge in [-0.1, -0.05) is 54.1 Å². The van der Waals surface area contributed by atoms with Crippen molar-refractivity contribution in [2.75, 3.05) is 33.3 Å². The lowest BCUT2D eigenvalue weighted by Gasteiger charge is -2.34. The van der Waals surface area contributed by atoms with Crippen molar-refractivity contribution in [1.29, 1.82) is 0 Å². The Morgan fingerprint density at radius 3 is 2.15 bits per heavy atom. The summed E-state index contributed by atoms with van der Waals surface area (Å²) in [6.45, 7) is 2.68. The molecule has 9 heteroatoms. The minimum absolute atomic E-state index is 0.280. The van der Waals surface area contributed by atoms with Crippen molar-refractivity contribution in [2.45, 2.75) is 11.4 Å². The third kappa shape index (κ3) is 5.23. The average Bonchev–Trinajstić information content (AvgIpc) is 3.35. The van der Waals surface area contributed by atoms with Gasteiger partial charge in [0, 0.05) is 49.5 Å². The smallest absolute Gasteiger partial charge is 0.243 e. The highest BCUT2D eigenvalue weighted by Crippen LogP contribution is 2.30. The molecule has 1 fully saturated rings. The van der Waals surface area contributed by atoms with Crippen molar-refractivity contribution in [2.24, 2.45) is 0 Å². The number of halogens is 1. The van der Waals surface area contributed by atoms with Gasteiger partial charge in [-0.3, -0.25) is 4.90 Å². The molecule has 6 rings (SSSR count). The molecule has 3 heterocycles. The van der Waals surface area contributed by atoms with Gasteiger partial charge >= 0.3 is 0 Å². The zero-order valence-electron chi connectivity index (χ0n) is 22.1. The molecule has 0 unspecified atom stereocenters. The van der Waals surface area contributed by atoms with E-state index < -0.39 is 10.0 Å². The Morgan fingerprint density at radius 1 is 0.800 bits per heavy atom. The number of piperazine rings is 1. The summed E-state index contributed by atoms with van der Waals surface area (Å²) >= 11 is 6.18. The van der Waals surface area contributed by atoms with Crippen LogP contribution in [0.3, 0.4) is 0 Å². The molecule has 204 valence electrons. The number of methoxy groups -OCH3 is 1. The summed E-state index contributed by atoms with van der Waals surface area (Å²) in [5.41, 5.74) is 6.04. The van der Waals surface area contributed by atoms with E-state index in [0.717, 1.165) is 33.7 Å². The lowest BCUT2D eigenvalue weighted by molar-refractivity contribution is 0.180. The maximum Gasteiger partial charge on any atom is 0.243 e. The lowest BCUT2D eigenvalue weighted by Crippen LogP contribution is -2.48. The Kier molecular flexibility index (Phi) is 7.33. The van der Waals surface area contributed by atoms with Crippen LogP contribution in [-0.2, 0) is 16.6 Å². The summed E-state index contributed by atoms with van der Waals surface area (Å²) in [6.07, 6.45) is 2.14. The second-order valence-electron chi connectivity index (χ2n) is 9.78. The molecule has 0 saturated carbocycles. The van der Waals surface area contributed by atoms with E-state index in [0.29, 0.717) is 43.5 Å². The molecule has 1 saturated heterocycles. The summed E-state index contributed by atoms with van der Waals surface area (Å²) in [6, 6.07) is 28.7. The van der Waals surface area contributed by atoms with Gasteiger partial charge in [-0.2, -0.15) is 4.31 Å². The molecule has 0 radical (unpaired) electrons. The molecule has 40 heavy (non-hydrogen) atoms. The number of imidazole rings is 1. The predicted molar refractivity (Wildman–Crippen MR) is 158 cm³/mol. The molecule has 5 aromatic rings. The fraction of sp³-hybridized carbons (Fsp3) is 0.194. The van der Waals surface area contributed by atoms with Crippen LogP contribution in [0.15, 0.2) is 102 Å². The van der Waals surface area contributed by atoms with E-state index in [2.05, 4.69) is 33.7 Å². The van der Waals surface area contributed by atoms with E-state index in [4.69, 9.17) is 21.3 Å². The van der Waals surface area contributed by atoms with Crippen LogP contribution in [0.25, 0.3) is 28.0 Å². The van der Waals surface area contributed by atoms with E-state index in [1.165, 1.54) is 0 Å². The van der Waals surface area contributed by atoms with Gasteiger partial charge in [-0.15, -0.1) is 0 Å². The first-order valence-electron chi connectivity index (χ1n) is 13.1. The predicted octanol–water partition coefficient (Wildman–Crippen LogP) is 5.84. The van der Waals surface area contributed by atoms with Gasteiger partial charge in [-0.25, -0.2) is 13.4 Å². The maximum absolute atomic E-state index is 13.3. The number of aromatic nitrogens is 2. The minimum atomic E-state index is -3.58. The molecule has 0 atom stereocenters. The Morgan fingerprint density at radius 2 is 1.48 bits per heavy atom. The van der Waals surface area contributed by atoms with E-state index in [9.17, 15) is 8.42 Å². The quantitative estimate of drug-likeness (QED) is 0.245. The molecular formula is C31H29ClN4O3S. The van der Waals surface area contributed by atoms with Gasteiger partial charge in [0.15, 0.2) is 0 Å². The molecule has 1 aliphatic heterocycles. The number of benzene rings is 3. The molecular weight excluding hydrogens is 544 g/mol. The van der Waals surface area contributed by atoms with Crippen molar-refractivity contribution in [3.05, 3.63) is 108 Å². The standard InChI is InChI=1S/C31H29ClN4O3S/c1-39-27-12-14-28(15-13-27)40(37,38)35-19-17-34(18-20-35)22-29-31(24-7-10-26(32)11-8-24)33-30-16-9-25(21-36(29)30)23-5-3-2-4-6-23/h2-16,21H,17-20,22H2,1H3. The number of fused-ring (bicyclic) bond motifs is 1. The normalized spacial score (nSPS) is 14.9. The summed E-state index contributed by atoms with van der Waals surface area (Å²) in [5.74, 6) is 0.628. The van der Waals surface area contributed by atoms with E-state index in [1.54, 1.807) is 35.7 Å². The number of rotatable bonds is 7. The van der Waals surface area contributed by atoms with Crippen molar-refractivity contribution in [1.82, 2.24) is 18.6 Å². The molecule has 0 aliphatic carbocycles. The molecule has 0 spiro atoms. The van der Waals surface area contributed by atoms with Gasteiger partial charge < -0.3 is 9.14 Å². The summed E-state index contributed by atoms with van der Waals surface area (Å²) < 4.78 is 35.4. The first kappa shape index (κ1) is 26.5. The monoisotopic (exact) mass is 572 g/mol. The van der Waals surface area contributed by atoms with Crippen LogP contribution in [0.4, 0.5) is 0 Å². The Labute approximate surface area is 239 Å². The number of nitrogens with zero attached hydrogens (tertiary/aromatic N) is 4. The Hall–Kier alpha value is -3.69. The largest absolute Gasteiger partial charge is 0.497 e. The van der Waals surface area contributed by atoms with E-state index >= 15 is 0 Å². The van der Waals surface area contributed by atoms with Crippen LogP contribution in [0.5, 0.6) is 5.75 Å². The number of pyridine rings is 1. The van der Waals surface area contributed by atoms with Crippen LogP contribution >= 0.6 is 11.6 Å². The molecule has 0 bridgehead atoms. The van der Waals surface area contributed by atoms with Crippen molar-refractivity contribution in [3.63, 3.8) is 0 Å². The molecule has 0 amide bonds. The first-order chi connectivity index (χ1) is 19.4. The molecule has 7 nitrogen and oxygen atoms in total. The zero-order valence-corrected chi connectivity index (χ0v) is 23.6. The maximum atomic E-state index is 13.3. The topological polar surface area (TPSA) is 67.2 Å². The van der Waals surface area contributed by atoms with E-state index in [-0.39, 0.29) is 4.90 Å². The lowest BCUT2D eigenvalue weighted by atomic mass is 10.1. The van der Waals surface area contributed by atoms with Crippen LogP contribution in [0, 0.1) is 0 Å². The van der Waals surface area contributed by atoms with Gasteiger partial charge in [0.2, 0.25) is 10.0 Å². The van der Waals surface area contributed by atoms with Crippen LogP contribution in [0.2, 0.25) is 5.02 Å². The minimum Gasteiger partial charge on any atom is -0.497 e. The zero-order chi connectivity index (χ0) is 27.7. The third-order valence-electron chi connectivity index (χ3n) is 7.34. The number of sulfonamides is 1. The average molecular weight is 573 g/mol. The SMILES string of the molecule is COc1ccc(S(=O)(=O)N2CCN(Cc3c(-c4ccc(Cl)cc4)nc4ccc(-c5ccccc5)cn34)CC2)cc1. The van der Waals surface area contributed by atoms with Crippen LogP contribution in [0.1, 0.15) is 5.69 Å². The number of hydrogen-bond donors (Lipinski definition) is 0. The second kappa shape index (κ2) is 11.1. The van der Waals surface area contributed by atoms with Crippen molar-refractivity contribution in [3.8, 4) is 28.1 Å². The van der Waals surface area contributed by atoms with Crippen molar-refractivity contribution < 1.29 is 13.2 Å². The Bertz CT molecular complexity index is 1730. The fourth-order valence-corrected chi connectivity index (χ4v) is 6.67. The number of ether oxygens (including phenoxy) is 1. The fourth-order valence-electron chi connectivity index (χ4n) is 5.12. The van der Waals surface area contributed by atoms with Gasteiger partial charge in [0.1, 0.15) is 11.4 Å². The molecule has 0 N–H and O–H groups in total.